The van der Waals surface area contributed by atoms with Crippen LogP contribution in [0.25, 0.3) is 10.2 Å². The third-order valence-corrected chi connectivity index (χ3v) is 10.2. The molecule has 11 nitrogen and oxygen atoms in total. The van der Waals surface area contributed by atoms with Crippen molar-refractivity contribution in [2.45, 2.75) is 25.4 Å². The number of nitrogens with zero attached hydrogens (tertiary/aromatic N) is 5. The van der Waals surface area contributed by atoms with E-state index in [1.165, 1.54) is 22.7 Å². The summed E-state index contributed by atoms with van der Waals surface area (Å²) in [7, 11) is -2.52. The molecule has 5 rings (SSSR count). The lowest BCUT2D eigenvalue weighted by atomic mass is 10.0. The molecule has 4 heterocycles. The number of benzene rings is 1. The van der Waals surface area contributed by atoms with Crippen LogP contribution in [-0.4, -0.2) is 110 Å². The highest BCUT2D eigenvalue weighted by atomic mass is 32.2. The minimum atomic E-state index is -3.94. The summed E-state index contributed by atoms with van der Waals surface area (Å²) in [6.07, 6.45) is 0.523. The van der Waals surface area contributed by atoms with Crippen LogP contribution in [0.15, 0.2) is 24.3 Å². The van der Waals surface area contributed by atoms with Gasteiger partial charge in [0.25, 0.3) is 10.2 Å². The summed E-state index contributed by atoms with van der Waals surface area (Å²) in [6, 6.07) is 6.93. The van der Waals surface area contributed by atoms with Crippen molar-refractivity contribution in [1.29, 1.82) is 0 Å². The SMILES string of the molecule is C[C@@H]1C(=O)N(c2nc3ccccc3s2)[C@H]2CCN(S(=O)(=O)N(C)CC(=O)NCCN3CCOCC3)[C@H]12. The van der Waals surface area contributed by atoms with Crippen LogP contribution in [0, 0.1) is 5.92 Å². The van der Waals surface area contributed by atoms with Gasteiger partial charge in [0, 0.05) is 39.8 Å². The fourth-order valence-corrected chi connectivity index (χ4v) is 7.96. The molecule has 2 amide bonds. The number of fused-ring (bicyclic) bond motifs is 2. The number of ether oxygens (including phenoxy) is 1. The Morgan fingerprint density at radius 2 is 2.00 bits per heavy atom. The maximum absolute atomic E-state index is 13.5. The molecule has 2 aromatic rings. The molecule has 3 aliphatic rings. The van der Waals surface area contributed by atoms with Gasteiger partial charge < -0.3 is 10.1 Å². The summed E-state index contributed by atoms with van der Waals surface area (Å²) in [5.74, 6) is -0.973. The highest BCUT2D eigenvalue weighted by Gasteiger charge is 2.56. The van der Waals surface area contributed by atoms with E-state index in [1.807, 2.05) is 24.3 Å². The number of aromatic nitrogens is 1. The Hall–Kier alpha value is -2.16. The largest absolute Gasteiger partial charge is 0.379 e. The van der Waals surface area contributed by atoms with Gasteiger partial charge in [0.1, 0.15) is 0 Å². The van der Waals surface area contributed by atoms with E-state index in [0.29, 0.717) is 44.4 Å². The molecule has 0 aliphatic carbocycles. The Labute approximate surface area is 215 Å². The zero-order chi connectivity index (χ0) is 25.4. The van der Waals surface area contributed by atoms with E-state index in [-0.39, 0.29) is 24.4 Å². The summed E-state index contributed by atoms with van der Waals surface area (Å²) in [5, 5.41) is 3.42. The monoisotopic (exact) mass is 536 g/mol. The summed E-state index contributed by atoms with van der Waals surface area (Å²) >= 11 is 1.44. The van der Waals surface area contributed by atoms with Gasteiger partial charge >= 0.3 is 0 Å². The molecule has 196 valence electrons. The van der Waals surface area contributed by atoms with Gasteiger partial charge in [0.15, 0.2) is 5.13 Å². The quantitative estimate of drug-likeness (QED) is 0.518. The number of carbonyl (C=O) groups excluding carboxylic acids is 2. The van der Waals surface area contributed by atoms with E-state index in [4.69, 9.17) is 4.74 Å². The molecule has 0 spiro atoms. The van der Waals surface area contributed by atoms with Crippen molar-refractivity contribution in [3.63, 3.8) is 0 Å². The minimum Gasteiger partial charge on any atom is -0.379 e. The number of nitrogens with one attached hydrogen (secondary N) is 1. The second kappa shape index (κ2) is 10.3. The molecule has 0 radical (unpaired) electrons. The Balaban J connectivity index is 1.23. The molecule has 0 saturated carbocycles. The predicted molar refractivity (Wildman–Crippen MR) is 137 cm³/mol. The summed E-state index contributed by atoms with van der Waals surface area (Å²) in [4.78, 5) is 34.3. The molecule has 1 aromatic carbocycles. The number of carbonyl (C=O) groups is 2. The lowest BCUT2D eigenvalue weighted by molar-refractivity contribution is -0.122. The fraction of sp³-hybridized carbons (Fsp3) is 0.609. The van der Waals surface area contributed by atoms with Gasteiger partial charge in [-0.1, -0.05) is 30.4 Å². The van der Waals surface area contributed by atoms with Crippen LogP contribution in [0.1, 0.15) is 13.3 Å². The van der Waals surface area contributed by atoms with Crippen molar-refractivity contribution < 1.29 is 22.7 Å². The van der Waals surface area contributed by atoms with E-state index in [2.05, 4.69) is 15.2 Å². The second-order valence-corrected chi connectivity index (χ2v) is 12.5. The number of anilines is 1. The topological polar surface area (TPSA) is 115 Å². The minimum absolute atomic E-state index is 0.118. The van der Waals surface area contributed by atoms with Gasteiger partial charge in [-0.15, -0.1) is 0 Å². The third-order valence-electron chi connectivity index (χ3n) is 7.24. The number of amides is 2. The molecular weight excluding hydrogens is 504 g/mol. The van der Waals surface area contributed by atoms with Crippen LogP contribution in [0.5, 0.6) is 0 Å². The smallest absolute Gasteiger partial charge is 0.282 e. The number of morpholine rings is 1. The number of hydrogen-bond donors (Lipinski definition) is 1. The predicted octanol–water partition coefficient (Wildman–Crippen LogP) is 0.347. The van der Waals surface area contributed by atoms with Crippen LogP contribution >= 0.6 is 11.3 Å². The molecule has 0 unspecified atom stereocenters. The first kappa shape index (κ1) is 25.5. The molecular formula is C23H32N6O5S2. The lowest BCUT2D eigenvalue weighted by Crippen LogP contribution is -2.50. The van der Waals surface area contributed by atoms with Gasteiger partial charge in [-0.2, -0.15) is 17.0 Å². The van der Waals surface area contributed by atoms with Crippen LogP contribution in [0.3, 0.4) is 0 Å². The van der Waals surface area contributed by atoms with Crippen LogP contribution in [0.4, 0.5) is 5.13 Å². The molecule has 1 N–H and O–H groups in total. The summed E-state index contributed by atoms with van der Waals surface area (Å²) < 4.78 is 35.7. The average Bonchev–Trinajstić information content (AvgIpc) is 3.54. The number of hydrogen-bond acceptors (Lipinski definition) is 8. The molecule has 3 fully saturated rings. The molecule has 3 saturated heterocycles. The first-order valence-corrected chi connectivity index (χ1v) is 14.5. The zero-order valence-electron chi connectivity index (χ0n) is 20.5. The summed E-state index contributed by atoms with van der Waals surface area (Å²) in [6.45, 7) is 5.96. The van der Waals surface area contributed by atoms with Crippen molar-refractivity contribution in [1.82, 2.24) is 23.8 Å². The van der Waals surface area contributed by atoms with Crippen molar-refractivity contribution in [2.24, 2.45) is 5.92 Å². The van der Waals surface area contributed by atoms with Crippen molar-refractivity contribution in [3.05, 3.63) is 24.3 Å². The number of likely N-dealkylation sites (N-methyl/N-ethyl adjacent to an activating group) is 1. The molecule has 3 atom stereocenters. The third kappa shape index (κ3) is 4.75. The number of para-hydroxylation sites is 1. The van der Waals surface area contributed by atoms with Gasteiger partial charge in [-0.05, 0) is 18.6 Å². The average molecular weight is 537 g/mol. The Bertz CT molecular complexity index is 1200. The molecule has 36 heavy (non-hydrogen) atoms. The maximum atomic E-state index is 13.5. The maximum Gasteiger partial charge on any atom is 0.282 e. The van der Waals surface area contributed by atoms with E-state index in [1.54, 1.807) is 11.8 Å². The molecule has 0 bridgehead atoms. The van der Waals surface area contributed by atoms with E-state index >= 15 is 0 Å². The Kier molecular flexibility index (Phi) is 7.30. The standard InChI is InChI=1S/C23H32N6O5S2/c1-16-21-18(29(22(16)31)23-25-17-5-3-4-6-19(17)35-23)7-9-28(21)36(32,33)26(2)15-20(30)24-8-10-27-11-13-34-14-12-27/h3-6,16,18,21H,7-15H2,1-2H3,(H,24,30)/t16-,18-,21+/m0/s1. The van der Waals surface area contributed by atoms with Crippen LogP contribution < -0.4 is 10.2 Å². The van der Waals surface area contributed by atoms with E-state index in [9.17, 15) is 18.0 Å². The highest BCUT2D eigenvalue weighted by Crippen LogP contribution is 2.42. The van der Waals surface area contributed by atoms with Crippen molar-refractivity contribution in [3.8, 4) is 0 Å². The number of thiazole rings is 1. The van der Waals surface area contributed by atoms with Crippen LogP contribution in [-0.2, 0) is 24.5 Å². The number of rotatable bonds is 8. The van der Waals surface area contributed by atoms with Gasteiger partial charge in [0.05, 0.1) is 48.0 Å². The van der Waals surface area contributed by atoms with Crippen molar-refractivity contribution in [2.75, 3.05) is 64.4 Å². The van der Waals surface area contributed by atoms with Crippen LogP contribution in [0.2, 0.25) is 0 Å². The highest BCUT2D eigenvalue weighted by molar-refractivity contribution is 7.86. The molecule has 3 aliphatic heterocycles. The Morgan fingerprint density at radius 1 is 1.25 bits per heavy atom. The zero-order valence-corrected chi connectivity index (χ0v) is 22.1. The first-order valence-electron chi connectivity index (χ1n) is 12.3. The van der Waals surface area contributed by atoms with Crippen molar-refractivity contribution >= 4 is 48.7 Å². The second-order valence-electron chi connectivity index (χ2n) is 9.49. The Morgan fingerprint density at radius 3 is 2.75 bits per heavy atom. The molecule has 13 heteroatoms. The normalized spacial score (nSPS) is 25.7. The molecule has 1 aromatic heterocycles. The first-order chi connectivity index (χ1) is 17.3. The fourth-order valence-electron chi connectivity index (χ4n) is 5.33. The van der Waals surface area contributed by atoms with E-state index in [0.717, 1.165) is 27.6 Å². The summed E-state index contributed by atoms with van der Waals surface area (Å²) in [5.41, 5.74) is 0.822. The lowest BCUT2D eigenvalue weighted by Gasteiger charge is -2.29. The van der Waals surface area contributed by atoms with E-state index < -0.39 is 22.2 Å². The van der Waals surface area contributed by atoms with Gasteiger partial charge in [-0.3, -0.25) is 19.4 Å². The van der Waals surface area contributed by atoms with Gasteiger partial charge in [0.2, 0.25) is 11.8 Å². The van der Waals surface area contributed by atoms with Gasteiger partial charge in [-0.25, -0.2) is 4.98 Å².